The van der Waals surface area contributed by atoms with Crippen molar-refractivity contribution in [3.63, 3.8) is 0 Å². The van der Waals surface area contributed by atoms with Gasteiger partial charge in [0.15, 0.2) is 5.65 Å². The average Bonchev–Trinajstić information content (AvgIpc) is 3.55. The molecule has 0 fully saturated rings. The summed E-state index contributed by atoms with van der Waals surface area (Å²) in [7, 11) is 1.81. The Morgan fingerprint density at radius 1 is 1.21 bits per heavy atom. The molecule has 33 heavy (non-hydrogen) atoms. The number of amides is 1. The summed E-state index contributed by atoms with van der Waals surface area (Å²) in [5.74, 6) is -0.0837. The Morgan fingerprint density at radius 2 is 2.00 bits per heavy atom. The van der Waals surface area contributed by atoms with Crippen molar-refractivity contribution < 1.29 is 13.7 Å². The van der Waals surface area contributed by atoms with Gasteiger partial charge in [0.1, 0.15) is 11.9 Å². The molecular weight excluding hydrogens is 443 g/mol. The van der Waals surface area contributed by atoms with Gasteiger partial charge in [-0.3, -0.25) is 9.48 Å². The smallest absolute Gasteiger partial charge is 0.252 e. The lowest BCUT2D eigenvalue weighted by Gasteiger charge is -2.12. The lowest BCUT2D eigenvalue weighted by molar-refractivity contribution is 0.0934. The van der Waals surface area contributed by atoms with Crippen LogP contribution in [0.5, 0.6) is 0 Å². The maximum Gasteiger partial charge on any atom is 0.252 e. The van der Waals surface area contributed by atoms with E-state index >= 15 is 0 Å². The van der Waals surface area contributed by atoms with Crippen LogP contribution in [0.15, 0.2) is 52.4 Å². The highest BCUT2D eigenvalue weighted by Crippen LogP contribution is 2.29. The van der Waals surface area contributed by atoms with Crippen LogP contribution in [0, 0.1) is 12.7 Å². The molecule has 10 heteroatoms. The highest BCUT2D eigenvalue weighted by Gasteiger charge is 2.23. The highest BCUT2D eigenvalue weighted by atomic mass is 32.1. The summed E-state index contributed by atoms with van der Waals surface area (Å²) in [6.45, 7) is 3.61. The summed E-state index contributed by atoms with van der Waals surface area (Å²) >= 11 is 1.55. The molecule has 0 bridgehead atoms. The van der Waals surface area contributed by atoms with Gasteiger partial charge in [0.05, 0.1) is 27.2 Å². The number of aryl methyl sites for hydroxylation is 2. The molecular formula is C23H19FN6O2S. The predicted octanol–water partition coefficient (Wildman–Crippen LogP) is 4.69. The molecule has 8 nitrogen and oxygen atoms in total. The standard InChI is InChI=1S/C23H19FN6O2S/c1-12-19-16(11-17(18-5-4-10-33-18)26-21(19)30(3)28-12)22(31)25-13(2)23-27-20(29-32-23)14-6-8-15(24)9-7-14/h4-11,13H,1-3H3,(H,25,31). The molecule has 1 atom stereocenters. The largest absolute Gasteiger partial charge is 0.340 e. The van der Waals surface area contributed by atoms with Gasteiger partial charge in [-0.25, -0.2) is 9.37 Å². The molecule has 5 rings (SSSR count). The van der Waals surface area contributed by atoms with E-state index in [4.69, 9.17) is 9.51 Å². The SMILES string of the molecule is Cc1nn(C)c2nc(-c3cccs3)cc(C(=O)NC(C)c3nc(-c4ccc(F)cc4)no3)c12. The minimum Gasteiger partial charge on any atom is -0.340 e. The summed E-state index contributed by atoms with van der Waals surface area (Å²) in [6.07, 6.45) is 0. The van der Waals surface area contributed by atoms with Crippen molar-refractivity contribution >= 4 is 28.3 Å². The fraction of sp³-hybridized carbons (Fsp3) is 0.174. The van der Waals surface area contributed by atoms with Crippen molar-refractivity contribution in [3.8, 4) is 22.0 Å². The van der Waals surface area contributed by atoms with Crippen molar-refractivity contribution in [1.82, 2.24) is 30.2 Å². The second kappa shape index (κ2) is 8.21. The van der Waals surface area contributed by atoms with Crippen molar-refractivity contribution in [3.05, 3.63) is 70.8 Å². The second-order valence-corrected chi connectivity index (χ2v) is 8.55. The van der Waals surface area contributed by atoms with E-state index in [-0.39, 0.29) is 17.6 Å². The summed E-state index contributed by atoms with van der Waals surface area (Å²) in [5, 5.41) is 14.0. The van der Waals surface area contributed by atoms with Crippen LogP contribution in [0.3, 0.4) is 0 Å². The third-order valence-electron chi connectivity index (χ3n) is 5.25. The molecule has 0 aliphatic carbocycles. The molecule has 0 saturated heterocycles. The van der Waals surface area contributed by atoms with Gasteiger partial charge in [0.25, 0.3) is 5.91 Å². The quantitative estimate of drug-likeness (QED) is 0.407. The molecule has 0 aliphatic rings. The number of halogens is 1. The molecule has 4 aromatic heterocycles. The number of nitrogens with one attached hydrogen (secondary N) is 1. The molecule has 0 spiro atoms. The number of carbonyl (C=O) groups is 1. The molecule has 0 radical (unpaired) electrons. The maximum absolute atomic E-state index is 13.3. The third kappa shape index (κ3) is 3.89. The first-order valence-electron chi connectivity index (χ1n) is 10.2. The summed E-state index contributed by atoms with van der Waals surface area (Å²) < 4.78 is 20.2. The van der Waals surface area contributed by atoms with Gasteiger partial charge in [0.2, 0.25) is 11.7 Å². The van der Waals surface area contributed by atoms with Crippen LogP contribution in [0.2, 0.25) is 0 Å². The topological polar surface area (TPSA) is 98.7 Å². The fourth-order valence-electron chi connectivity index (χ4n) is 3.64. The number of benzene rings is 1. The van der Waals surface area contributed by atoms with E-state index in [0.717, 1.165) is 4.88 Å². The Hall–Kier alpha value is -3.92. The Morgan fingerprint density at radius 3 is 2.73 bits per heavy atom. The van der Waals surface area contributed by atoms with Crippen LogP contribution >= 0.6 is 11.3 Å². The van der Waals surface area contributed by atoms with E-state index in [0.29, 0.717) is 39.4 Å². The number of aromatic nitrogens is 5. The zero-order chi connectivity index (χ0) is 23.1. The lowest BCUT2D eigenvalue weighted by atomic mass is 10.1. The Balaban J connectivity index is 1.46. The Kier molecular flexibility index (Phi) is 5.21. The molecule has 4 heterocycles. The Labute approximate surface area is 192 Å². The first kappa shape index (κ1) is 21.0. The molecule has 166 valence electrons. The van der Waals surface area contributed by atoms with Crippen LogP contribution in [0.1, 0.15) is 34.9 Å². The summed E-state index contributed by atoms with van der Waals surface area (Å²) in [6, 6.07) is 10.9. The number of pyridine rings is 1. The number of hydrogen-bond acceptors (Lipinski definition) is 7. The van der Waals surface area contributed by atoms with Crippen LogP contribution < -0.4 is 5.32 Å². The number of thiophene rings is 1. The Bertz CT molecular complexity index is 1460. The second-order valence-electron chi connectivity index (χ2n) is 7.60. The van der Waals surface area contributed by atoms with Gasteiger partial charge in [-0.15, -0.1) is 11.3 Å². The number of nitrogens with zero attached hydrogens (tertiary/aromatic N) is 5. The van der Waals surface area contributed by atoms with Gasteiger partial charge < -0.3 is 9.84 Å². The van der Waals surface area contributed by atoms with Gasteiger partial charge in [-0.05, 0) is 55.6 Å². The molecule has 1 aromatic carbocycles. The summed E-state index contributed by atoms with van der Waals surface area (Å²) in [5.41, 5.74) is 3.14. The van der Waals surface area contributed by atoms with Crippen molar-refractivity contribution in [2.45, 2.75) is 19.9 Å². The lowest BCUT2D eigenvalue weighted by Crippen LogP contribution is -2.27. The molecule has 5 aromatic rings. The molecule has 1 unspecified atom stereocenters. The van der Waals surface area contributed by atoms with Crippen LogP contribution in [-0.2, 0) is 7.05 Å². The molecule has 1 amide bonds. The van der Waals surface area contributed by atoms with Crippen molar-refractivity contribution in [2.75, 3.05) is 0 Å². The van der Waals surface area contributed by atoms with E-state index in [1.165, 1.54) is 12.1 Å². The zero-order valence-corrected chi connectivity index (χ0v) is 18.9. The fourth-order valence-corrected chi connectivity index (χ4v) is 4.32. The van der Waals surface area contributed by atoms with E-state index in [1.54, 1.807) is 48.2 Å². The third-order valence-corrected chi connectivity index (χ3v) is 6.14. The molecule has 0 aliphatic heterocycles. The predicted molar refractivity (Wildman–Crippen MR) is 122 cm³/mol. The van der Waals surface area contributed by atoms with E-state index in [1.807, 2.05) is 24.4 Å². The average molecular weight is 463 g/mol. The van der Waals surface area contributed by atoms with Gasteiger partial charge in [-0.2, -0.15) is 10.1 Å². The van der Waals surface area contributed by atoms with Gasteiger partial charge in [0, 0.05) is 12.6 Å². The molecule has 0 saturated carbocycles. The zero-order valence-electron chi connectivity index (χ0n) is 18.0. The van der Waals surface area contributed by atoms with E-state index in [9.17, 15) is 9.18 Å². The van der Waals surface area contributed by atoms with Gasteiger partial charge >= 0.3 is 0 Å². The minimum absolute atomic E-state index is 0.245. The van der Waals surface area contributed by atoms with Crippen molar-refractivity contribution in [1.29, 1.82) is 0 Å². The highest BCUT2D eigenvalue weighted by molar-refractivity contribution is 7.13. The normalized spacial score (nSPS) is 12.2. The van der Waals surface area contributed by atoms with Crippen LogP contribution in [0.25, 0.3) is 33.0 Å². The van der Waals surface area contributed by atoms with Gasteiger partial charge in [-0.1, -0.05) is 11.2 Å². The number of hydrogen-bond donors (Lipinski definition) is 1. The first-order valence-corrected chi connectivity index (χ1v) is 11.1. The maximum atomic E-state index is 13.3. The summed E-state index contributed by atoms with van der Waals surface area (Å²) in [4.78, 5) is 23.4. The minimum atomic E-state index is -0.551. The monoisotopic (exact) mass is 462 g/mol. The van der Waals surface area contributed by atoms with Crippen molar-refractivity contribution in [2.24, 2.45) is 7.05 Å². The van der Waals surface area contributed by atoms with E-state index < -0.39 is 6.04 Å². The van der Waals surface area contributed by atoms with Crippen LogP contribution in [0.4, 0.5) is 4.39 Å². The number of carbonyl (C=O) groups excluding carboxylic acids is 1. The van der Waals surface area contributed by atoms with Crippen LogP contribution in [-0.4, -0.2) is 30.8 Å². The number of fused-ring (bicyclic) bond motifs is 1. The molecule has 1 N–H and O–H groups in total. The first-order chi connectivity index (χ1) is 15.9. The number of rotatable bonds is 5. The van der Waals surface area contributed by atoms with E-state index in [2.05, 4.69) is 20.6 Å².